The third-order valence-electron chi connectivity index (χ3n) is 5.03. The van der Waals surface area contributed by atoms with Crippen molar-refractivity contribution < 1.29 is 14.6 Å². The molecule has 0 aliphatic carbocycles. The first-order valence-electron chi connectivity index (χ1n) is 9.32. The van der Waals surface area contributed by atoms with Gasteiger partial charge in [-0.3, -0.25) is 0 Å². The Bertz CT molecular complexity index is 777. The normalized spacial score (nSPS) is 12.2. The van der Waals surface area contributed by atoms with Crippen molar-refractivity contribution in [2.24, 2.45) is 0 Å². The average Bonchev–Trinajstić information content (AvgIpc) is 2.62. The average molecular weight is 338 g/mol. The molecule has 1 heterocycles. The SMILES string of the molecule is CCCCCCc1c(CC)cc2c(c1C(=O)O)Cc1ccccc1O2. The Balaban J connectivity index is 2.03. The molecule has 0 bridgehead atoms. The van der Waals surface area contributed by atoms with Gasteiger partial charge in [0.05, 0.1) is 5.56 Å². The second-order valence-corrected chi connectivity index (χ2v) is 6.72. The molecule has 3 nitrogen and oxygen atoms in total. The second-order valence-electron chi connectivity index (χ2n) is 6.72. The third kappa shape index (κ3) is 3.55. The number of ether oxygens (including phenoxy) is 1. The van der Waals surface area contributed by atoms with E-state index in [-0.39, 0.29) is 0 Å². The van der Waals surface area contributed by atoms with Gasteiger partial charge in [0.2, 0.25) is 0 Å². The van der Waals surface area contributed by atoms with E-state index in [2.05, 4.69) is 19.9 Å². The zero-order valence-electron chi connectivity index (χ0n) is 15.1. The number of unbranched alkanes of at least 4 members (excludes halogenated alkanes) is 3. The Morgan fingerprint density at radius 3 is 2.64 bits per heavy atom. The zero-order chi connectivity index (χ0) is 17.8. The fourth-order valence-corrected chi connectivity index (χ4v) is 3.71. The number of para-hydroxylation sites is 1. The molecule has 0 unspecified atom stereocenters. The summed E-state index contributed by atoms with van der Waals surface area (Å²) in [4.78, 5) is 12.1. The molecule has 3 rings (SSSR count). The summed E-state index contributed by atoms with van der Waals surface area (Å²) >= 11 is 0. The topological polar surface area (TPSA) is 46.5 Å². The molecular formula is C22H26O3. The third-order valence-corrected chi connectivity index (χ3v) is 5.03. The van der Waals surface area contributed by atoms with Gasteiger partial charge in [-0.05, 0) is 48.1 Å². The molecular weight excluding hydrogens is 312 g/mol. The van der Waals surface area contributed by atoms with E-state index in [0.29, 0.717) is 17.7 Å². The van der Waals surface area contributed by atoms with Crippen molar-refractivity contribution in [2.75, 3.05) is 0 Å². The van der Waals surface area contributed by atoms with Crippen LogP contribution in [0.1, 0.15) is 72.1 Å². The van der Waals surface area contributed by atoms with E-state index >= 15 is 0 Å². The molecule has 1 aliphatic heterocycles. The van der Waals surface area contributed by atoms with Gasteiger partial charge in [-0.1, -0.05) is 51.3 Å². The molecule has 0 atom stereocenters. The highest BCUT2D eigenvalue weighted by Gasteiger charge is 2.27. The zero-order valence-corrected chi connectivity index (χ0v) is 15.1. The van der Waals surface area contributed by atoms with Crippen LogP contribution in [0.3, 0.4) is 0 Å². The summed E-state index contributed by atoms with van der Waals surface area (Å²) in [7, 11) is 0. The Hall–Kier alpha value is -2.29. The number of carboxylic acid groups (broad SMARTS) is 1. The molecule has 3 heteroatoms. The largest absolute Gasteiger partial charge is 0.478 e. The van der Waals surface area contributed by atoms with E-state index in [1.807, 2.05) is 24.3 Å². The standard InChI is InChI=1S/C22H26O3/c1-3-5-6-7-11-17-15(4-2)14-20-18(21(17)22(23)24)13-16-10-8-9-12-19(16)25-20/h8-10,12,14H,3-7,11,13H2,1-2H3,(H,23,24). The maximum atomic E-state index is 12.1. The van der Waals surface area contributed by atoms with Gasteiger partial charge < -0.3 is 9.84 Å². The van der Waals surface area contributed by atoms with Crippen LogP contribution in [0, 0.1) is 0 Å². The number of rotatable bonds is 7. The van der Waals surface area contributed by atoms with Gasteiger partial charge in [0, 0.05) is 12.0 Å². The number of hydrogen-bond acceptors (Lipinski definition) is 2. The molecule has 2 aromatic rings. The van der Waals surface area contributed by atoms with Gasteiger partial charge in [-0.25, -0.2) is 4.79 Å². The highest BCUT2D eigenvalue weighted by atomic mass is 16.5. The van der Waals surface area contributed by atoms with Crippen LogP contribution < -0.4 is 4.74 Å². The van der Waals surface area contributed by atoms with Crippen LogP contribution in [0.15, 0.2) is 30.3 Å². The predicted molar refractivity (Wildman–Crippen MR) is 99.9 cm³/mol. The smallest absolute Gasteiger partial charge is 0.336 e. The molecule has 0 saturated heterocycles. The van der Waals surface area contributed by atoms with E-state index in [1.54, 1.807) is 0 Å². The highest BCUT2D eigenvalue weighted by Crippen LogP contribution is 2.41. The molecule has 1 N–H and O–H groups in total. The van der Waals surface area contributed by atoms with E-state index in [1.165, 1.54) is 12.8 Å². The van der Waals surface area contributed by atoms with Crippen LogP contribution in [0.2, 0.25) is 0 Å². The molecule has 0 fully saturated rings. The number of aromatic carboxylic acids is 1. The summed E-state index contributed by atoms with van der Waals surface area (Å²) in [6.45, 7) is 4.27. The van der Waals surface area contributed by atoms with Crippen LogP contribution in [-0.4, -0.2) is 11.1 Å². The minimum atomic E-state index is -0.833. The molecule has 1 aliphatic rings. The van der Waals surface area contributed by atoms with E-state index < -0.39 is 5.97 Å². The summed E-state index contributed by atoms with van der Waals surface area (Å²) < 4.78 is 6.05. The lowest BCUT2D eigenvalue weighted by Crippen LogP contribution is -2.15. The first kappa shape index (κ1) is 17.5. The number of hydrogen-bond donors (Lipinski definition) is 1. The van der Waals surface area contributed by atoms with Crippen LogP contribution in [-0.2, 0) is 19.3 Å². The van der Waals surface area contributed by atoms with E-state index in [9.17, 15) is 9.90 Å². The fourth-order valence-electron chi connectivity index (χ4n) is 3.71. The van der Waals surface area contributed by atoms with E-state index in [4.69, 9.17) is 4.74 Å². The molecule has 25 heavy (non-hydrogen) atoms. The first-order valence-corrected chi connectivity index (χ1v) is 9.32. The van der Waals surface area contributed by atoms with Crippen LogP contribution >= 0.6 is 0 Å². The summed E-state index contributed by atoms with van der Waals surface area (Å²) in [6.07, 6.45) is 6.85. The molecule has 132 valence electrons. The second kappa shape index (κ2) is 7.73. The lowest BCUT2D eigenvalue weighted by molar-refractivity contribution is 0.0693. The Morgan fingerprint density at radius 2 is 1.92 bits per heavy atom. The Morgan fingerprint density at radius 1 is 1.12 bits per heavy atom. The van der Waals surface area contributed by atoms with Gasteiger partial charge >= 0.3 is 5.97 Å². The van der Waals surface area contributed by atoms with Crippen LogP contribution in [0.25, 0.3) is 0 Å². The number of aryl methyl sites for hydroxylation is 1. The van der Waals surface area contributed by atoms with Crippen LogP contribution in [0.5, 0.6) is 11.5 Å². The predicted octanol–water partition coefficient (Wildman–Crippen LogP) is 5.77. The van der Waals surface area contributed by atoms with Gasteiger partial charge in [0.25, 0.3) is 0 Å². The van der Waals surface area contributed by atoms with Crippen molar-refractivity contribution >= 4 is 5.97 Å². The van der Waals surface area contributed by atoms with Crippen molar-refractivity contribution in [3.63, 3.8) is 0 Å². The fraction of sp³-hybridized carbons (Fsp3) is 0.409. The van der Waals surface area contributed by atoms with Crippen molar-refractivity contribution in [1.29, 1.82) is 0 Å². The Kier molecular flexibility index (Phi) is 5.42. The van der Waals surface area contributed by atoms with Crippen molar-refractivity contribution in [1.82, 2.24) is 0 Å². The number of carbonyl (C=O) groups is 1. The number of benzene rings is 2. The van der Waals surface area contributed by atoms with Gasteiger partial charge in [-0.2, -0.15) is 0 Å². The Labute approximate surface area is 149 Å². The molecule has 0 radical (unpaired) electrons. The quantitative estimate of drug-likeness (QED) is 0.557. The van der Waals surface area contributed by atoms with Crippen molar-refractivity contribution in [3.8, 4) is 11.5 Å². The molecule has 0 amide bonds. The first-order chi connectivity index (χ1) is 12.2. The van der Waals surface area contributed by atoms with Crippen molar-refractivity contribution in [2.45, 2.75) is 58.8 Å². The monoisotopic (exact) mass is 338 g/mol. The minimum Gasteiger partial charge on any atom is -0.478 e. The maximum absolute atomic E-state index is 12.1. The van der Waals surface area contributed by atoms with E-state index in [0.717, 1.165) is 53.7 Å². The molecule has 0 spiro atoms. The van der Waals surface area contributed by atoms with Crippen LogP contribution in [0.4, 0.5) is 0 Å². The minimum absolute atomic E-state index is 0.473. The molecule has 0 saturated carbocycles. The molecule has 2 aromatic carbocycles. The number of fused-ring (bicyclic) bond motifs is 2. The van der Waals surface area contributed by atoms with Crippen molar-refractivity contribution in [3.05, 3.63) is 58.1 Å². The summed E-state index contributed by atoms with van der Waals surface area (Å²) in [5.41, 5.74) is 4.47. The van der Waals surface area contributed by atoms with Gasteiger partial charge in [0.15, 0.2) is 0 Å². The van der Waals surface area contributed by atoms with Gasteiger partial charge in [0.1, 0.15) is 11.5 Å². The lowest BCUT2D eigenvalue weighted by Gasteiger charge is -2.25. The maximum Gasteiger partial charge on any atom is 0.336 e. The molecule has 0 aromatic heterocycles. The summed E-state index contributed by atoms with van der Waals surface area (Å²) in [5, 5.41) is 9.94. The summed E-state index contributed by atoms with van der Waals surface area (Å²) in [5.74, 6) is 0.717. The highest BCUT2D eigenvalue weighted by molar-refractivity contribution is 5.93. The van der Waals surface area contributed by atoms with Gasteiger partial charge in [-0.15, -0.1) is 0 Å². The number of carboxylic acids is 1. The lowest BCUT2D eigenvalue weighted by atomic mass is 9.86. The summed E-state index contributed by atoms with van der Waals surface area (Å²) in [6, 6.07) is 9.94.